The Morgan fingerprint density at radius 1 is 1.10 bits per heavy atom. The standard InChI is InChI=1S/C21H22BrN5S2/c22-15-8-9-19-23-16(13-26(19)12-15)14-29-21-25-24-20(11-18-7-4-10-28-18)27(21)17-5-2-1-3-6-17/h4,7-10,12-13,17H,1-3,5-6,11,14H2. The first-order valence-electron chi connectivity index (χ1n) is 9.98. The van der Waals surface area contributed by atoms with E-state index in [2.05, 4.69) is 58.8 Å². The molecule has 8 heteroatoms. The first kappa shape index (κ1) is 19.3. The zero-order valence-electron chi connectivity index (χ0n) is 16.0. The summed E-state index contributed by atoms with van der Waals surface area (Å²) in [5.41, 5.74) is 2.03. The molecule has 0 unspecified atom stereocenters. The summed E-state index contributed by atoms with van der Waals surface area (Å²) in [6.45, 7) is 0. The fraction of sp³-hybridized carbons (Fsp3) is 0.381. The van der Waals surface area contributed by atoms with Crippen LogP contribution in [0, 0.1) is 0 Å². The summed E-state index contributed by atoms with van der Waals surface area (Å²) in [5, 5.41) is 12.4. The molecule has 1 saturated carbocycles. The molecule has 0 atom stereocenters. The fourth-order valence-corrected chi connectivity index (χ4v) is 5.99. The van der Waals surface area contributed by atoms with Gasteiger partial charge in [0.25, 0.3) is 0 Å². The van der Waals surface area contributed by atoms with E-state index in [9.17, 15) is 0 Å². The van der Waals surface area contributed by atoms with E-state index in [1.165, 1.54) is 37.0 Å². The summed E-state index contributed by atoms with van der Waals surface area (Å²) < 4.78 is 5.54. The molecule has 0 N–H and O–H groups in total. The van der Waals surface area contributed by atoms with Crippen molar-refractivity contribution in [2.24, 2.45) is 0 Å². The number of nitrogens with zero attached hydrogens (tertiary/aromatic N) is 5. The lowest BCUT2D eigenvalue weighted by molar-refractivity contribution is 0.330. The molecule has 0 radical (unpaired) electrons. The van der Waals surface area contributed by atoms with Crippen LogP contribution in [0.1, 0.15) is 54.5 Å². The van der Waals surface area contributed by atoms with Gasteiger partial charge in [0.2, 0.25) is 0 Å². The van der Waals surface area contributed by atoms with Gasteiger partial charge >= 0.3 is 0 Å². The smallest absolute Gasteiger partial charge is 0.191 e. The molecular formula is C21H22BrN5S2. The van der Waals surface area contributed by atoms with Gasteiger partial charge in [0.15, 0.2) is 5.16 Å². The molecular weight excluding hydrogens is 466 g/mol. The number of halogens is 1. The third-order valence-electron chi connectivity index (χ3n) is 5.40. The van der Waals surface area contributed by atoms with Crippen LogP contribution in [-0.4, -0.2) is 24.1 Å². The summed E-state index contributed by atoms with van der Waals surface area (Å²) in [6, 6.07) is 8.87. The first-order valence-corrected chi connectivity index (χ1v) is 12.6. The zero-order chi connectivity index (χ0) is 19.6. The Balaban J connectivity index is 1.39. The Morgan fingerprint density at radius 2 is 2.00 bits per heavy atom. The Bertz CT molecular complexity index is 1100. The van der Waals surface area contributed by atoms with Crippen molar-refractivity contribution in [2.75, 3.05) is 0 Å². The second kappa shape index (κ2) is 8.62. The molecule has 0 amide bonds. The predicted molar refractivity (Wildman–Crippen MR) is 122 cm³/mol. The Kier molecular flexibility index (Phi) is 5.74. The van der Waals surface area contributed by atoms with Crippen LogP contribution in [0.25, 0.3) is 5.65 Å². The van der Waals surface area contributed by atoms with Crippen LogP contribution in [0.2, 0.25) is 0 Å². The van der Waals surface area contributed by atoms with Crippen LogP contribution in [0.3, 0.4) is 0 Å². The third-order valence-corrected chi connectivity index (χ3v) is 7.72. The lowest BCUT2D eigenvalue weighted by Crippen LogP contribution is -2.16. The quantitative estimate of drug-likeness (QED) is 0.306. The van der Waals surface area contributed by atoms with Crippen LogP contribution < -0.4 is 0 Å². The van der Waals surface area contributed by atoms with Crippen molar-refractivity contribution in [3.63, 3.8) is 0 Å². The van der Waals surface area contributed by atoms with Crippen LogP contribution in [-0.2, 0) is 12.2 Å². The van der Waals surface area contributed by atoms with Gasteiger partial charge < -0.3 is 8.97 Å². The molecule has 29 heavy (non-hydrogen) atoms. The highest BCUT2D eigenvalue weighted by atomic mass is 79.9. The summed E-state index contributed by atoms with van der Waals surface area (Å²) in [5.74, 6) is 1.89. The van der Waals surface area contributed by atoms with Gasteiger partial charge in [-0.15, -0.1) is 21.5 Å². The number of aromatic nitrogens is 5. The normalized spacial score (nSPS) is 15.3. The molecule has 0 aliphatic heterocycles. The van der Waals surface area contributed by atoms with Gasteiger partial charge in [0, 0.05) is 40.0 Å². The van der Waals surface area contributed by atoms with E-state index < -0.39 is 0 Å². The maximum atomic E-state index is 4.74. The van der Waals surface area contributed by atoms with E-state index >= 15 is 0 Å². The van der Waals surface area contributed by atoms with Gasteiger partial charge in [0.05, 0.1) is 5.69 Å². The number of thioether (sulfide) groups is 1. The van der Waals surface area contributed by atoms with Gasteiger partial charge in [0.1, 0.15) is 11.5 Å². The lowest BCUT2D eigenvalue weighted by atomic mass is 9.95. The number of hydrogen-bond donors (Lipinski definition) is 0. The minimum Gasteiger partial charge on any atom is -0.306 e. The molecule has 5 rings (SSSR count). The molecule has 1 fully saturated rings. The Labute approximate surface area is 186 Å². The van der Waals surface area contributed by atoms with Crippen molar-refractivity contribution in [1.29, 1.82) is 0 Å². The summed E-state index contributed by atoms with van der Waals surface area (Å²) in [4.78, 5) is 6.09. The average molecular weight is 488 g/mol. The number of rotatable bonds is 6. The Hall–Kier alpha value is -1.64. The molecule has 0 spiro atoms. The van der Waals surface area contributed by atoms with Gasteiger partial charge in [-0.2, -0.15) is 0 Å². The second-order valence-electron chi connectivity index (χ2n) is 7.45. The van der Waals surface area contributed by atoms with Gasteiger partial charge in [-0.3, -0.25) is 0 Å². The van der Waals surface area contributed by atoms with Gasteiger partial charge in [-0.25, -0.2) is 4.98 Å². The highest BCUT2D eigenvalue weighted by Gasteiger charge is 2.23. The number of pyridine rings is 1. The number of fused-ring (bicyclic) bond motifs is 1. The van der Waals surface area contributed by atoms with E-state index in [-0.39, 0.29) is 0 Å². The number of thiophene rings is 1. The first-order chi connectivity index (χ1) is 14.3. The van der Waals surface area contributed by atoms with E-state index in [0.717, 1.165) is 39.0 Å². The molecule has 1 aliphatic rings. The topological polar surface area (TPSA) is 48.0 Å². The van der Waals surface area contributed by atoms with E-state index in [1.807, 2.05) is 18.3 Å². The summed E-state index contributed by atoms with van der Waals surface area (Å²) >= 11 is 7.07. The number of hydrogen-bond acceptors (Lipinski definition) is 5. The van der Waals surface area contributed by atoms with E-state index in [0.29, 0.717) is 6.04 Å². The summed E-state index contributed by atoms with van der Waals surface area (Å²) in [6.07, 6.45) is 11.4. The molecule has 1 aliphatic carbocycles. The highest BCUT2D eigenvalue weighted by Crippen LogP contribution is 2.34. The molecule has 0 bridgehead atoms. The molecule has 0 saturated heterocycles. The molecule has 4 aromatic heterocycles. The second-order valence-corrected chi connectivity index (χ2v) is 10.3. The third kappa shape index (κ3) is 4.29. The molecule has 150 valence electrons. The SMILES string of the molecule is Brc1ccc2nc(CSc3nnc(Cc4cccs4)n3C3CCCCC3)cn2c1. The molecule has 0 aromatic carbocycles. The van der Waals surface area contributed by atoms with Crippen LogP contribution in [0.5, 0.6) is 0 Å². The minimum absolute atomic E-state index is 0.522. The van der Waals surface area contributed by atoms with E-state index in [1.54, 1.807) is 23.1 Å². The van der Waals surface area contributed by atoms with Crippen molar-refractivity contribution >= 4 is 44.7 Å². The van der Waals surface area contributed by atoms with Gasteiger partial charge in [-0.1, -0.05) is 37.1 Å². The molecule has 5 nitrogen and oxygen atoms in total. The minimum atomic E-state index is 0.522. The zero-order valence-corrected chi connectivity index (χ0v) is 19.2. The van der Waals surface area contributed by atoms with E-state index in [4.69, 9.17) is 4.98 Å². The van der Waals surface area contributed by atoms with Crippen LogP contribution in [0.15, 0.2) is 51.7 Å². The van der Waals surface area contributed by atoms with Gasteiger partial charge in [-0.05, 0) is 52.4 Å². The van der Waals surface area contributed by atoms with Crippen LogP contribution in [0.4, 0.5) is 0 Å². The van der Waals surface area contributed by atoms with Crippen molar-refractivity contribution in [1.82, 2.24) is 24.1 Å². The van der Waals surface area contributed by atoms with Crippen molar-refractivity contribution in [3.05, 3.63) is 62.9 Å². The maximum absolute atomic E-state index is 4.74. The highest BCUT2D eigenvalue weighted by molar-refractivity contribution is 9.10. The Morgan fingerprint density at radius 3 is 2.83 bits per heavy atom. The van der Waals surface area contributed by atoms with Crippen LogP contribution >= 0.6 is 39.0 Å². The van der Waals surface area contributed by atoms with Crippen molar-refractivity contribution in [3.8, 4) is 0 Å². The maximum Gasteiger partial charge on any atom is 0.191 e. The molecule has 4 aromatic rings. The lowest BCUT2D eigenvalue weighted by Gasteiger charge is -2.25. The molecule has 4 heterocycles. The summed E-state index contributed by atoms with van der Waals surface area (Å²) in [7, 11) is 0. The fourth-order valence-electron chi connectivity index (χ4n) is 4.03. The predicted octanol–water partition coefficient (Wildman–Crippen LogP) is 6.14. The average Bonchev–Trinajstić information content (AvgIpc) is 3.47. The van der Waals surface area contributed by atoms with Crippen molar-refractivity contribution in [2.45, 2.75) is 55.5 Å². The largest absolute Gasteiger partial charge is 0.306 e. The monoisotopic (exact) mass is 487 g/mol. The van der Waals surface area contributed by atoms with Crippen molar-refractivity contribution < 1.29 is 0 Å². The number of imidazole rings is 1.